The Bertz CT molecular complexity index is 735. The quantitative estimate of drug-likeness (QED) is 0.872. The van der Waals surface area contributed by atoms with Gasteiger partial charge in [-0.3, -0.25) is 9.88 Å². The van der Waals surface area contributed by atoms with Gasteiger partial charge in [0, 0.05) is 44.3 Å². The third-order valence-corrected chi connectivity index (χ3v) is 4.85. The molecule has 0 spiro atoms. The van der Waals surface area contributed by atoms with Crippen molar-refractivity contribution in [2.75, 3.05) is 24.5 Å². The SMILES string of the molecule is CCN(Cc1cccnc1)[C@@H]1CCN(c2nccc(C)c2C(=O)O)C1. The number of aryl methyl sites for hydroxylation is 1. The van der Waals surface area contributed by atoms with Crippen LogP contribution in [0.15, 0.2) is 36.8 Å². The molecule has 0 bridgehead atoms. The van der Waals surface area contributed by atoms with Crippen molar-refractivity contribution in [2.45, 2.75) is 32.9 Å². The van der Waals surface area contributed by atoms with Gasteiger partial charge in [-0.25, -0.2) is 9.78 Å². The number of carbonyl (C=O) groups is 1. The fourth-order valence-electron chi connectivity index (χ4n) is 3.51. The normalized spacial score (nSPS) is 17.2. The van der Waals surface area contributed by atoms with E-state index in [1.807, 2.05) is 19.2 Å². The molecule has 1 saturated heterocycles. The monoisotopic (exact) mass is 340 g/mol. The molecule has 0 amide bonds. The number of rotatable bonds is 6. The molecule has 25 heavy (non-hydrogen) atoms. The van der Waals surface area contributed by atoms with Crippen molar-refractivity contribution in [3.05, 3.63) is 53.5 Å². The zero-order chi connectivity index (χ0) is 17.8. The molecule has 2 aromatic rings. The Morgan fingerprint density at radius 2 is 2.24 bits per heavy atom. The zero-order valence-corrected chi connectivity index (χ0v) is 14.7. The molecule has 1 N–H and O–H groups in total. The standard InChI is InChI=1S/C19H24N4O2/c1-3-22(12-15-5-4-8-20-11-15)16-7-10-23(13-16)18-17(19(24)25)14(2)6-9-21-18/h4-6,8-9,11,16H,3,7,10,12-13H2,1-2H3,(H,24,25)/t16-/m1/s1. The van der Waals surface area contributed by atoms with Gasteiger partial charge in [0.05, 0.1) is 0 Å². The van der Waals surface area contributed by atoms with E-state index in [4.69, 9.17) is 0 Å². The number of carboxylic acids is 1. The minimum absolute atomic E-state index is 0.318. The highest BCUT2D eigenvalue weighted by Gasteiger charge is 2.30. The molecule has 1 atom stereocenters. The summed E-state index contributed by atoms with van der Waals surface area (Å²) in [5.41, 5.74) is 2.27. The number of pyridine rings is 2. The van der Waals surface area contributed by atoms with Crippen LogP contribution >= 0.6 is 0 Å². The second kappa shape index (κ2) is 7.61. The van der Waals surface area contributed by atoms with E-state index < -0.39 is 5.97 Å². The van der Waals surface area contributed by atoms with Gasteiger partial charge in [-0.1, -0.05) is 13.0 Å². The topological polar surface area (TPSA) is 69.6 Å². The first-order valence-electron chi connectivity index (χ1n) is 8.67. The van der Waals surface area contributed by atoms with Crippen LogP contribution in [-0.2, 0) is 6.54 Å². The van der Waals surface area contributed by atoms with Crippen LogP contribution in [0.4, 0.5) is 5.82 Å². The average molecular weight is 340 g/mol. The summed E-state index contributed by atoms with van der Waals surface area (Å²) in [5.74, 6) is -0.320. The van der Waals surface area contributed by atoms with Crippen LogP contribution in [0.25, 0.3) is 0 Å². The molecule has 1 aliphatic heterocycles. The van der Waals surface area contributed by atoms with Crippen molar-refractivity contribution in [3.8, 4) is 0 Å². The lowest BCUT2D eigenvalue weighted by Crippen LogP contribution is -2.37. The fourth-order valence-corrected chi connectivity index (χ4v) is 3.51. The summed E-state index contributed by atoms with van der Waals surface area (Å²) < 4.78 is 0. The van der Waals surface area contributed by atoms with Gasteiger partial charge in [0.25, 0.3) is 0 Å². The molecule has 1 aliphatic rings. The van der Waals surface area contributed by atoms with Crippen LogP contribution in [0.5, 0.6) is 0 Å². The van der Waals surface area contributed by atoms with E-state index in [1.165, 1.54) is 5.56 Å². The van der Waals surface area contributed by atoms with E-state index >= 15 is 0 Å². The van der Waals surface area contributed by atoms with E-state index in [0.717, 1.165) is 38.2 Å². The molecular weight excluding hydrogens is 316 g/mol. The Hall–Kier alpha value is -2.47. The molecule has 3 heterocycles. The molecule has 2 aromatic heterocycles. The first-order valence-corrected chi connectivity index (χ1v) is 8.67. The summed E-state index contributed by atoms with van der Waals surface area (Å²) in [7, 11) is 0. The number of aromatic carboxylic acids is 1. The molecular formula is C19H24N4O2. The first-order chi connectivity index (χ1) is 12.1. The maximum Gasteiger partial charge on any atom is 0.339 e. The average Bonchev–Trinajstić information content (AvgIpc) is 3.09. The maximum absolute atomic E-state index is 11.6. The van der Waals surface area contributed by atoms with Crippen molar-refractivity contribution in [1.29, 1.82) is 0 Å². The molecule has 0 aromatic carbocycles. The number of anilines is 1. The third kappa shape index (κ3) is 3.79. The highest BCUT2D eigenvalue weighted by atomic mass is 16.4. The van der Waals surface area contributed by atoms with Crippen molar-refractivity contribution in [1.82, 2.24) is 14.9 Å². The number of nitrogens with zero attached hydrogens (tertiary/aromatic N) is 4. The summed E-state index contributed by atoms with van der Waals surface area (Å²) >= 11 is 0. The van der Waals surface area contributed by atoms with E-state index in [2.05, 4.69) is 32.8 Å². The smallest absolute Gasteiger partial charge is 0.339 e. The number of aromatic nitrogens is 2. The molecule has 0 radical (unpaired) electrons. The van der Waals surface area contributed by atoms with Gasteiger partial charge in [-0.05, 0) is 43.1 Å². The predicted molar refractivity (Wildman–Crippen MR) is 96.9 cm³/mol. The Balaban J connectivity index is 1.75. The summed E-state index contributed by atoms with van der Waals surface area (Å²) in [5, 5.41) is 9.54. The number of hydrogen-bond donors (Lipinski definition) is 1. The van der Waals surface area contributed by atoms with Crippen LogP contribution in [0.2, 0.25) is 0 Å². The van der Waals surface area contributed by atoms with E-state index in [-0.39, 0.29) is 0 Å². The minimum atomic E-state index is -0.910. The van der Waals surface area contributed by atoms with E-state index in [1.54, 1.807) is 18.5 Å². The van der Waals surface area contributed by atoms with Gasteiger partial charge < -0.3 is 10.0 Å². The summed E-state index contributed by atoms with van der Waals surface area (Å²) in [6.45, 7) is 7.40. The largest absolute Gasteiger partial charge is 0.478 e. The third-order valence-electron chi connectivity index (χ3n) is 4.85. The van der Waals surface area contributed by atoms with Crippen LogP contribution in [-0.4, -0.2) is 51.6 Å². The predicted octanol–water partition coefficient (Wildman–Crippen LogP) is 2.58. The fraction of sp³-hybridized carbons (Fsp3) is 0.421. The number of likely N-dealkylation sites (N-methyl/N-ethyl adjacent to an activating group) is 1. The van der Waals surface area contributed by atoms with Crippen molar-refractivity contribution >= 4 is 11.8 Å². The lowest BCUT2D eigenvalue weighted by atomic mass is 10.1. The second-order valence-corrected chi connectivity index (χ2v) is 6.44. The van der Waals surface area contributed by atoms with Crippen LogP contribution in [0.3, 0.4) is 0 Å². The minimum Gasteiger partial charge on any atom is -0.478 e. The lowest BCUT2D eigenvalue weighted by molar-refractivity contribution is 0.0696. The molecule has 1 fully saturated rings. The molecule has 0 saturated carbocycles. The van der Waals surface area contributed by atoms with E-state index in [9.17, 15) is 9.90 Å². The number of hydrogen-bond acceptors (Lipinski definition) is 5. The van der Waals surface area contributed by atoms with Gasteiger partial charge in [-0.2, -0.15) is 0 Å². The van der Waals surface area contributed by atoms with Crippen molar-refractivity contribution in [3.63, 3.8) is 0 Å². The van der Waals surface area contributed by atoms with Gasteiger partial charge in [0.15, 0.2) is 0 Å². The molecule has 3 rings (SSSR count). The van der Waals surface area contributed by atoms with Crippen molar-refractivity contribution < 1.29 is 9.90 Å². The van der Waals surface area contributed by atoms with Gasteiger partial charge >= 0.3 is 5.97 Å². The Kier molecular flexibility index (Phi) is 5.28. The van der Waals surface area contributed by atoms with Gasteiger partial charge in [0.2, 0.25) is 0 Å². The molecule has 6 heteroatoms. The highest BCUT2D eigenvalue weighted by molar-refractivity contribution is 5.95. The van der Waals surface area contributed by atoms with Crippen LogP contribution < -0.4 is 4.90 Å². The summed E-state index contributed by atoms with van der Waals surface area (Å²) in [4.78, 5) is 24.7. The molecule has 6 nitrogen and oxygen atoms in total. The Morgan fingerprint density at radius 1 is 1.40 bits per heavy atom. The van der Waals surface area contributed by atoms with E-state index in [0.29, 0.717) is 17.4 Å². The Labute approximate surface area is 148 Å². The van der Waals surface area contributed by atoms with Gasteiger partial charge in [-0.15, -0.1) is 0 Å². The van der Waals surface area contributed by atoms with Crippen LogP contribution in [0, 0.1) is 6.92 Å². The summed E-state index contributed by atoms with van der Waals surface area (Å²) in [6, 6.07) is 6.18. The second-order valence-electron chi connectivity index (χ2n) is 6.44. The zero-order valence-electron chi connectivity index (χ0n) is 14.7. The molecule has 132 valence electrons. The number of carboxylic acid groups (broad SMARTS) is 1. The first kappa shape index (κ1) is 17.4. The van der Waals surface area contributed by atoms with Crippen molar-refractivity contribution in [2.24, 2.45) is 0 Å². The molecule has 0 aliphatic carbocycles. The Morgan fingerprint density at radius 3 is 2.92 bits per heavy atom. The lowest BCUT2D eigenvalue weighted by Gasteiger charge is -2.28. The molecule has 0 unspecified atom stereocenters. The highest BCUT2D eigenvalue weighted by Crippen LogP contribution is 2.27. The van der Waals surface area contributed by atoms with Gasteiger partial charge in [0.1, 0.15) is 11.4 Å². The summed E-state index contributed by atoms with van der Waals surface area (Å²) in [6.07, 6.45) is 6.38. The van der Waals surface area contributed by atoms with Crippen LogP contribution in [0.1, 0.15) is 34.8 Å². The maximum atomic E-state index is 11.6.